The Balaban J connectivity index is 2.21. The van der Waals surface area contributed by atoms with Crippen LogP contribution in [0.3, 0.4) is 0 Å². The van der Waals surface area contributed by atoms with E-state index < -0.39 is 0 Å². The lowest BCUT2D eigenvalue weighted by molar-refractivity contribution is 0.622. The lowest BCUT2D eigenvalue weighted by atomic mass is 10.0. The minimum Gasteiger partial charge on any atom is -0.251 e. The van der Waals surface area contributed by atoms with Crippen LogP contribution >= 0.6 is 34.2 Å². The van der Waals surface area contributed by atoms with Gasteiger partial charge in [0, 0.05) is 17.0 Å². The van der Waals surface area contributed by atoms with Crippen molar-refractivity contribution in [2.75, 3.05) is 0 Å². The summed E-state index contributed by atoms with van der Waals surface area (Å²) in [6.45, 7) is 0. The van der Waals surface area contributed by atoms with E-state index in [2.05, 4.69) is 4.98 Å². The summed E-state index contributed by atoms with van der Waals surface area (Å²) in [6, 6.07) is 5.11. The summed E-state index contributed by atoms with van der Waals surface area (Å²) in [6.07, 6.45) is 4.84. The molecule has 18 heavy (non-hydrogen) atoms. The van der Waals surface area contributed by atoms with Gasteiger partial charge in [-0.2, -0.15) is 0 Å². The van der Waals surface area contributed by atoms with Crippen LogP contribution in [0.15, 0.2) is 18.2 Å². The van der Waals surface area contributed by atoms with Crippen molar-refractivity contribution >= 4 is 45.1 Å². The van der Waals surface area contributed by atoms with Gasteiger partial charge in [-0.1, -0.05) is 24.4 Å². The molecule has 2 aromatic rings. The number of halogens is 3. The molecule has 0 aliphatic heterocycles. The molecular weight excluding hydrogens is 364 g/mol. The molecule has 3 rings (SSSR count). The number of hydrogen-bond acceptors (Lipinski definition) is 1. The predicted molar refractivity (Wildman–Crippen MR) is 80.6 cm³/mol. The van der Waals surface area contributed by atoms with E-state index in [4.69, 9.17) is 11.6 Å². The molecule has 0 amide bonds. The summed E-state index contributed by atoms with van der Waals surface area (Å²) >= 11 is 8.30. The number of pyridine rings is 1. The van der Waals surface area contributed by atoms with Crippen LogP contribution < -0.4 is 0 Å². The summed E-state index contributed by atoms with van der Waals surface area (Å²) in [5, 5.41) is 1.52. The van der Waals surface area contributed by atoms with Crippen molar-refractivity contribution in [1.29, 1.82) is 0 Å². The van der Waals surface area contributed by atoms with Crippen LogP contribution in [0.4, 0.5) is 4.39 Å². The molecule has 1 heterocycles. The third-order valence-electron chi connectivity index (χ3n) is 3.62. The van der Waals surface area contributed by atoms with Gasteiger partial charge in [0.1, 0.15) is 5.82 Å². The van der Waals surface area contributed by atoms with Crippen LogP contribution in [-0.2, 0) is 0 Å². The average molecular weight is 376 g/mol. The van der Waals surface area contributed by atoms with E-state index in [-0.39, 0.29) is 5.82 Å². The average Bonchev–Trinajstić information content (AvgIpc) is 2.88. The molecule has 0 bridgehead atoms. The maximum atomic E-state index is 13.6. The third-order valence-corrected chi connectivity index (χ3v) is 4.95. The Kier molecular flexibility index (Phi) is 3.45. The third kappa shape index (κ3) is 2.11. The van der Waals surface area contributed by atoms with Gasteiger partial charge >= 0.3 is 0 Å². The number of nitrogens with zero attached hydrogens (tertiary/aromatic N) is 1. The van der Waals surface area contributed by atoms with Crippen molar-refractivity contribution in [3.8, 4) is 0 Å². The van der Waals surface area contributed by atoms with E-state index >= 15 is 0 Å². The lowest BCUT2D eigenvalue weighted by Gasteiger charge is -2.12. The number of rotatable bonds is 1. The first kappa shape index (κ1) is 12.6. The van der Waals surface area contributed by atoms with E-state index in [0.29, 0.717) is 20.0 Å². The molecule has 1 fully saturated rings. The monoisotopic (exact) mass is 375 g/mol. The second-order valence-electron chi connectivity index (χ2n) is 4.77. The van der Waals surface area contributed by atoms with Crippen LogP contribution in [0, 0.1) is 9.39 Å². The molecular formula is C14H12ClFIN. The summed E-state index contributed by atoms with van der Waals surface area (Å²) in [4.78, 5) is 4.65. The maximum absolute atomic E-state index is 13.6. The van der Waals surface area contributed by atoms with Crippen molar-refractivity contribution < 1.29 is 4.39 Å². The van der Waals surface area contributed by atoms with Crippen molar-refractivity contribution in [1.82, 2.24) is 4.98 Å². The van der Waals surface area contributed by atoms with Gasteiger partial charge in [0.25, 0.3) is 0 Å². The first-order valence-corrected chi connectivity index (χ1v) is 7.56. The van der Waals surface area contributed by atoms with E-state index in [1.165, 1.54) is 31.7 Å². The molecule has 94 valence electrons. The highest BCUT2D eigenvalue weighted by Gasteiger charge is 2.20. The molecule has 1 aliphatic carbocycles. The van der Waals surface area contributed by atoms with Gasteiger partial charge in [0.05, 0.1) is 14.1 Å². The smallest absolute Gasteiger partial charge is 0.138 e. The van der Waals surface area contributed by atoms with Crippen LogP contribution in [0.1, 0.15) is 37.3 Å². The topological polar surface area (TPSA) is 12.9 Å². The van der Waals surface area contributed by atoms with Crippen LogP contribution in [0.25, 0.3) is 10.9 Å². The molecule has 0 spiro atoms. The highest BCUT2D eigenvalue weighted by Crippen LogP contribution is 2.36. The molecule has 4 heteroatoms. The van der Waals surface area contributed by atoms with E-state index in [1.807, 2.05) is 28.7 Å². The first-order chi connectivity index (χ1) is 8.66. The summed E-state index contributed by atoms with van der Waals surface area (Å²) in [7, 11) is 0. The molecule has 0 unspecified atom stereocenters. The van der Waals surface area contributed by atoms with Crippen molar-refractivity contribution in [3.05, 3.63) is 38.3 Å². The second kappa shape index (κ2) is 4.93. The molecule has 1 saturated carbocycles. The fraction of sp³-hybridized carbons (Fsp3) is 0.357. The SMILES string of the molecule is Fc1ccc2c(Cl)cc(C3CCCC3)nc2c1I. The fourth-order valence-electron chi connectivity index (χ4n) is 2.64. The van der Waals surface area contributed by atoms with E-state index in [9.17, 15) is 4.39 Å². The Morgan fingerprint density at radius 1 is 1.28 bits per heavy atom. The van der Waals surface area contributed by atoms with Gasteiger partial charge in [-0.3, -0.25) is 4.98 Å². The summed E-state index contributed by atoms with van der Waals surface area (Å²) in [5.74, 6) is 0.265. The van der Waals surface area contributed by atoms with Gasteiger partial charge in [-0.25, -0.2) is 4.39 Å². The molecule has 0 N–H and O–H groups in total. The molecule has 1 aromatic heterocycles. The van der Waals surface area contributed by atoms with Gasteiger partial charge in [-0.05, 0) is 53.6 Å². The lowest BCUT2D eigenvalue weighted by Crippen LogP contribution is -1.99. The quantitative estimate of drug-likeness (QED) is 0.617. The Hall–Kier alpha value is -0.420. The van der Waals surface area contributed by atoms with E-state index in [0.717, 1.165) is 11.1 Å². The minimum atomic E-state index is -0.227. The number of hydrogen-bond donors (Lipinski definition) is 0. The molecule has 0 saturated heterocycles. The number of fused-ring (bicyclic) bond motifs is 1. The zero-order chi connectivity index (χ0) is 12.7. The fourth-order valence-corrected chi connectivity index (χ4v) is 3.50. The number of benzene rings is 1. The maximum Gasteiger partial charge on any atom is 0.138 e. The Bertz CT molecular complexity index is 608. The Labute approximate surface area is 124 Å². The van der Waals surface area contributed by atoms with Crippen LogP contribution in [0.2, 0.25) is 5.02 Å². The zero-order valence-electron chi connectivity index (χ0n) is 9.72. The van der Waals surface area contributed by atoms with Gasteiger partial charge in [0.15, 0.2) is 0 Å². The molecule has 0 atom stereocenters. The molecule has 0 radical (unpaired) electrons. The van der Waals surface area contributed by atoms with Crippen LogP contribution in [-0.4, -0.2) is 4.98 Å². The van der Waals surface area contributed by atoms with Gasteiger partial charge in [0.2, 0.25) is 0 Å². The van der Waals surface area contributed by atoms with Crippen molar-refractivity contribution in [2.45, 2.75) is 31.6 Å². The largest absolute Gasteiger partial charge is 0.251 e. The standard InChI is InChI=1S/C14H12ClFIN/c15-10-7-12(8-3-1-2-4-8)18-14-9(10)5-6-11(16)13(14)17/h5-8H,1-4H2. The highest BCUT2D eigenvalue weighted by molar-refractivity contribution is 14.1. The van der Waals surface area contributed by atoms with Gasteiger partial charge < -0.3 is 0 Å². The highest BCUT2D eigenvalue weighted by atomic mass is 127. The van der Waals surface area contributed by atoms with Crippen LogP contribution in [0.5, 0.6) is 0 Å². The summed E-state index contributed by atoms with van der Waals surface area (Å²) in [5.41, 5.74) is 1.72. The first-order valence-electron chi connectivity index (χ1n) is 6.11. The predicted octanol–water partition coefficient (Wildman–Crippen LogP) is 5.29. The molecule has 1 nitrogen and oxygen atoms in total. The van der Waals surface area contributed by atoms with E-state index in [1.54, 1.807) is 6.07 Å². The Morgan fingerprint density at radius 2 is 2.00 bits per heavy atom. The van der Waals surface area contributed by atoms with Crippen molar-refractivity contribution in [3.63, 3.8) is 0 Å². The number of aromatic nitrogens is 1. The minimum absolute atomic E-state index is 0.227. The molecule has 1 aliphatic rings. The van der Waals surface area contributed by atoms with Gasteiger partial charge in [-0.15, -0.1) is 0 Å². The molecule has 1 aromatic carbocycles. The normalized spacial score (nSPS) is 16.6. The Morgan fingerprint density at radius 3 is 2.72 bits per heavy atom. The summed E-state index contributed by atoms with van der Waals surface area (Å²) < 4.78 is 14.2. The second-order valence-corrected chi connectivity index (χ2v) is 6.25. The zero-order valence-corrected chi connectivity index (χ0v) is 12.6. The van der Waals surface area contributed by atoms with Crippen molar-refractivity contribution in [2.24, 2.45) is 0 Å².